The van der Waals surface area contributed by atoms with E-state index in [0.717, 1.165) is 25.7 Å². The van der Waals surface area contributed by atoms with Crippen molar-refractivity contribution in [3.05, 3.63) is 35.4 Å². The zero-order valence-electron chi connectivity index (χ0n) is 11.9. The average molecular weight is 284 g/mol. The Morgan fingerprint density at radius 3 is 2.20 bits per heavy atom. The first-order chi connectivity index (χ1) is 9.60. The highest BCUT2D eigenvalue weighted by molar-refractivity contribution is 5.25. The first-order valence-electron chi connectivity index (χ1n) is 7.36. The topological polar surface area (TPSA) is 29.5 Å². The molecule has 2 rings (SSSR count). The third kappa shape index (κ3) is 3.01. The van der Waals surface area contributed by atoms with Gasteiger partial charge in [-0.15, -0.1) is 0 Å². The number of hydrogen-bond acceptors (Lipinski definition) is 2. The molecule has 0 radical (unpaired) electrons. The van der Waals surface area contributed by atoms with Crippen LogP contribution in [0.1, 0.15) is 57.1 Å². The fourth-order valence-corrected chi connectivity index (χ4v) is 3.15. The SMILES string of the molecule is CCOC1(C(O)c2c(F)cccc2F)CCCCCC1. The fourth-order valence-electron chi connectivity index (χ4n) is 3.15. The van der Waals surface area contributed by atoms with E-state index in [1.165, 1.54) is 18.2 Å². The molecule has 0 bridgehead atoms. The van der Waals surface area contributed by atoms with Crippen molar-refractivity contribution in [3.63, 3.8) is 0 Å². The van der Waals surface area contributed by atoms with E-state index in [2.05, 4.69) is 0 Å². The van der Waals surface area contributed by atoms with E-state index in [-0.39, 0.29) is 5.56 Å². The van der Waals surface area contributed by atoms with Gasteiger partial charge in [-0.2, -0.15) is 0 Å². The van der Waals surface area contributed by atoms with Gasteiger partial charge in [0.15, 0.2) is 0 Å². The summed E-state index contributed by atoms with van der Waals surface area (Å²) in [4.78, 5) is 0. The van der Waals surface area contributed by atoms with Gasteiger partial charge in [-0.3, -0.25) is 0 Å². The Kier molecular flexibility index (Phi) is 5.11. The molecule has 1 aliphatic rings. The van der Waals surface area contributed by atoms with Crippen LogP contribution in [0, 0.1) is 11.6 Å². The van der Waals surface area contributed by atoms with Gasteiger partial charge in [0, 0.05) is 6.61 Å². The van der Waals surface area contributed by atoms with E-state index in [1.807, 2.05) is 6.92 Å². The smallest absolute Gasteiger partial charge is 0.132 e. The van der Waals surface area contributed by atoms with Crippen LogP contribution >= 0.6 is 0 Å². The summed E-state index contributed by atoms with van der Waals surface area (Å²) in [6.45, 7) is 2.27. The molecule has 112 valence electrons. The van der Waals surface area contributed by atoms with Crippen LogP contribution in [-0.2, 0) is 4.74 Å². The zero-order valence-corrected chi connectivity index (χ0v) is 11.9. The molecule has 1 atom stereocenters. The monoisotopic (exact) mass is 284 g/mol. The maximum atomic E-state index is 13.9. The van der Waals surface area contributed by atoms with Crippen molar-refractivity contribution in [2.45, 2.75) is 57.2 Å². The maximum Gasteiger partial charge on any atom is 0.132 e. The lowest BCUT2D eigenvalue weighted by atomic mass is 9.83. The van der Waals surface area contributed by atoms with Crippen LogP contribution in [0.2, 0.25) is 0 Å². The molecule has 0 saturated heterocycles. The number of aliphatic hydroxyl groups excluding tert-OH is 1. The quantitative estimate of drug-likeness (QED) is 0.842. The molecule has 1 aromatic carbocycles. The molecule has 2 nitrogen and oxygen atoms in total. The Hall–Kier alpha value is -1.00. The minimum Gasteiger partial charge on any atom is -0.385 e. The molecule has 0 heterocycles. The van der Waals surface area contributed by atoms with Crippen molar-refractivity contribution < 1.29 is 18.6 Å². The molecular weight excluding hydrogens is 262 g/mol. The van der Waals surface area contributed by atoms with Gasteiger partial charge in [0.25, 0.3) is 0 Å². The Bertz CT molecular complexity index is 420. The highest BCUT2D eigenvalue weighted by atomic mass is 19.1. The predicted molar refractivity (Wildman–Crippen MR) is 73.4 cm³/mol. The largest absolute Gasteiger partial charge is 0.385 e. The summed E-state index contributed by atoms with van der Waals surface area (Å²) >= 11 is 0. The molecule has 0 spiro atoms. The van der Waals surface area contributed by atoms with Gasteiger partial charge < -0.3 is 9.84 Å². The van der Waals surface area contributed by atoms with Crippen LogP contribution in [0.15, 0.2) is 18.2 Å². The number of halogens is 2. The molecule has 0 amide bonds. The summed E-state index contributed by atoms with van der Waals surface area (Å²) in [5.74, 6) is -1.42. The van der Waals surface area contributed by atoms with Crippen LogP contribution in [-0.4, -0.2) is 17.3 Å². The van der Waals surface area contributed by atoms with Gasteiger partial charge in [0.05, 0.1) is 11.2 Å². The van der Waals surface area contributed by atoms with Gasteiger partial charge in [0.2, 0.25) is 0 Å². The van der Waals surface area contributed by atoms with E-state index >= 15 is 0 Å². The number of hydrogen-bond donors (Lipinski definition) is 1. The minimum atomic E-state index is -1.26. The summed E-state index contributed by atoms with van der Waals surface area (Å²) < 4.78 is 33.6. The molecule has 1 aromatic rings. The summed E-state index contributed by atoms with van der Waals surface area (Å²) in [6.07, 6.45) is 3.97. The Morgan fingerprint density at radius 2 is 1.70 bits per heavy atom. The van der Waals surface area contributed by atoms with E-state index in [4.69, 9.17) is 4.74 Å². The molecule has 1 unspecified atom stereocenters. The Balaban J connectivity index is 2.37. The van der Waals surface area contributed by atoms with Crippen molar-refractivity contribution >= 4 is 0 Å². The van der Waals surface area contributed by atoms with Gasteiger partial charge in [-0.25, -0.2) is 8.78 Å². The summed E-state index contributed by atoms with van der Waals surface area (Å²) in [7, 11) is 0. The fraction of sp³-hybridized carbons (Fsp3) is 0.625. The summed E-state index contributed by atoms with van der Waals surface area (Å²) in [5, 5.41) is 10.6. The number of rotatable bonds is 4. The van der Waals surface area contributed by atoms with Crippen LogP contribution < -0.4 is 0 Å². The van der Waals surface area contributed by atoms with E-state index in [1.54, 1.807) is 0 Å². The average Bonchev–Trinajstić information content (AvgIpc) is 2.65. The molecule has 1 aliphatic carbocycles. The second kappa shape index (κ2) is 6.64. The normalized spacial score (nSPS) is 20.4. The number of aliphatic hydroxyl groups is 1. The third-order valence-corrected chi connectivity index (χ3v) is 4.15. The highest BCUT2D eigenvalue weighted by Crippen LogP contribution is 2.41. The van der Waals surface area contributed by atoms with E-state index in [0.29, 0.717) is 19.4 Å². The van der Waals surface area contributed by atoms with Gasteiger partial charge >= 0.3 is 0 Å². The molecule has 1 N–H and O–H groups in total. The summed E-state index contributed by atoms with van der Waals surface area (Å²) in [5.41, 5.74) is -1.13. The number of ether oxygens (including phenoxy) is 1. The van der Waals surface area contributed by atoms with Crippen molar-refractivity contribution in [3.8, 4) is 0 Å². The third-order valence-electron chi connectivity index (χ3n) is 4.15. The van der Waals surface area contributed by atoms with Crippen LogP contribution in [0.4, 0.5) is 8.78 Å². The van der Waals surface area contributed by atoms with Crippen LogP contribution in [0.3, 0.4) is 0 Å². The molecule has 0 aromatic heterocycles. The van der Waals surface area contributed by atoms with Crippen LogP contribution in [0.25, 0.3) is 0 Å². The lowest BCUT2D eigenvalue weighted by molar-refractivity contribution is -0.133. The summed E-state index contributed by atoms with van der Waals surface area (Å²) in [6, 6.07) is 3.66. The molecule has 4 heteroatoms. The van der Waals surface area contributed by atoms with Crippen molar-refractivity contribution in [2.75, 3.05) is 6.61 Å². The van der Waals surface area contributed by atoms with Crippen molar-refractivity contribution in [1.29, 1.82) is 0 Å². The molecule has 1 saturated carbocycles. The lowest BCUT2D eigenvalue weighted by Gasteiger charge is -2.37. The molecule has 20 heavy (non-hydrogen) atoms. The highest BCUT2D eigenvalue weighted by Gasteiger charge is 2.42. The molecule has 0 aliphatic heterocycles. The second-order valence-electron chi connectivity index (χ2n) is 5.45. The van der Waals surface area contributed by atoms with E-state index in [9.17, 15) is 13.9 Å². The first kappa shape index (κ1) is 15.4. The first-order valence-corrected chi connectivity index (χ1v) is 7.36. The van der Waals surface area contributed by atoms with E-state index < -0.39 is 23.3 Å². The minimum absolute atomic E-state index is 0.261. The molecular formula is C16H22F2O2. The van der Waals surface area contributed by atoms with Gasteiger partial charge in [-0.1, -0.05) is 31.7 Å². The standard InChI is InChI=1S/C16H22F2O2/c1-2-20-16(10-5-3-4-6-11-16)15(19)14-12(17)8-7-9-13(14)18/h7-9,15,19H,2-6,10-11H2,1H3. The number of benzene rings is 1. The lowest BCUT2D eigenvalue weighted by Crippen LogP contribution is -2.40. The van der Waals surface area contributed by atoms with Gasteiger partial charge in [0.1, 0.15) is 17.7 Å². The van der Waals surface area contributed by atoms with Gasteiger partial charge in [-0.05, 0) is 31.9 Å². The van der Waals surface area contributed by atoms with Crippen LogP contribution in [0.5, 0.6) is 0 Å². The van der Waals surface area contributed by atoms with Crippen molar-refractivity contribution in [2.24, 2.45) is 0 Å². The zero-order chi connectivity index (χ0) is 14.6. The molecule has 1 fully saturated rings. The Labute approximate surface area is 118 Å². The van der Waals surface area contributed by atoms with Crippen molar-refractivity contribution in [1.82, 2.24) is 0 Å². The Morgan fingerprint density at radius 1 is 1.15 bits per heavy atom. The predicted octanol–water partition coefficient (Wildman–Crippen LogP) is 4.13. The maximum absolute atomic E-state index is 13.9. The second-order valence-corrected chi connectivity index (χ2v) is 5.45.